The first-order valence-corrected chi connectivity index (χ1v) is 5.73. The summed E-state index contributed by atoms with van der Waals surface area (Å²) < 4.78 is 0. The number of hydrogen-bond donors (Lipinski definition) is 3. The highest BCUT2D eigenvalue weighted by Crippen LogP contribution is 2.23. The van der Waals surface area contributed by atoms with Crippen LogP contribution in [0.5, 0.6) is 0 Å². The first kappa shape index (κ1) is 15.2. The summed E-state index contributed by atoms with van der Waals surface area (Å²) in [4.78, 5) is 0. The van der Waals surface area contributed by atoms with Crippen LogP contribution in [0.25, 0.3) is 0 Å². The van der Waals surface area contributed by atoms with E-state index in [1.54, 1.807) is 0 Å². The number of hydrogen-bond acceptors (Lipinski definition) is 3. The molecule has 0 unspecified atom stereocenters. The van der Waals surface area contributed by atoms with E-state index in [2.05, 4.69) is 6.92 Å². The topological polar surface area (TPSA) is 66.5 Å². The minimum absolute atomic E-state index is 0. The van der Waals surface area contributed by atoms with Gasteiger partial charge in [-0.3, -0.25) is 0 Å². The summed E-state index contributed by atoms with van der Waals surface area (Å²) in [6.45, 7) is 2.11. The summed E-state index contributed by atoms with van der Waals surface area (Å²) in [6, 6.07) is 0.0694. The lowest BCUT2D eigenvalue weighted by Gasteiger charge is -2.04. The number of nitrogens with two attached hydrogens (primary N) is 1. The average Bonchev–Trinajstić information content (AvgIpc) is 2.67. The van der Waals surface area contributed by atoms with Gasteiger partial charge in [-0.25, -0.2) is 0 Å². The molecule has 2 aliphatic carbocycles. The first-order valence-electron chi connectivity index (χ1n) is 5.73. The summed E-state index contributed by atoms with van der Waals surface area (Å²) in [6.07, 6.45) is 6.29. The van der Waals surface area contributed by atoms with Gasteiger partial charge in [-0.1, -0.05) is 13.3 Å². The van der Waals surface area contributed by atoms with Gasteiger partial charge in [-0.15, -0.1) is 12.4 Å². The molecule has 0 aromatic heterocycles. The normalized spacial score (nSPS) is 39.2. The van der Waals surface area contributed by atoms with Crippen LogP contribution in [0, 0.1) is 5.92 Å². The smallest absolute Gasteiger partial charge is 0.0691 e. The number of aliphatic hydroxyl groups is 2. The van der Waals surface area contributed by atoms with Crippen LogP contribution in [0.3, 0.4) is 0 Å². The van der Waals surface area contributed by atoms with Crippen molar-refractivity contribution in [3.63, 3.8) is 0 Å². The Kier molecular flexibility index (Phi) is 7.53. The van der Waals surface area contributed by atoms with Crippen LogP contribution in [-0.4, -0.2) is 28.5 Å². The van der Waals surface area contributed by atoms with Gasteiger partial charge in [0.25, 0.3) is 0 Å². The fourth-order valence-electron chi connectivity index (χ4n) is 2.10. The van der Waals surface area contributed by atoms with Gasteiger partial charge in [-0.2, -0.15) is 0 Å². The molecule has 15 heavy (non-hydrogen) atoms. The fraction of sp³-hybridized carbons (Fsp3) is 1.00. The molecule has 4 heteroatoms. The third kappa shape index (κ3) is 5.16. The predicted octanol–water partition coefficient (Wildman–Crippen LogP) is 1.45. The minimum Gasteiger partial charge on any atom is -0.393 e. The van der Waals surface area contributed by atoms with Crippen LogP contribution in [0.1, 0.15) is 45.4 Å². The molecule has 0 bridgehead atoms. The molecule has 2 rings (SSSR count). The van der Waals surface area contributed by atoms with E-state index in [0.717, 1.165) is 25.7 Å². The molecule has 3 nitrogen and oxygen atoms in total. The lowest BCUT2D eigenvalue weighted by molar-refractivity contribution is 0.141. The minimum atomic E-state index is -0.208. The molecule has 0 aromatic rings. The van der Waals surface area contributed by atoms with Gasteiger partial charge >= 0.3 is 0 Å². The average molecular weight is 238 g/mol. The van der Waals surface area contributed by atoms with Gasteiger partial charge in [0.1, 0.15) is 0 Å². The second-order valence-corrected chi connectivity index (χ2v) is 4.64. The highest BCUT2D eigenvalue weighted by Gasteiger charge is 2.20. The van der Waals surface area contributed by atoms with E-state index in [1.807, 2.05) is 0 Å². The molecule has 92 valence electrons. The SMILES string of the molecule is C[C@H]1CCC[C@H]1O.Cl.N[C@H]1CCC[C@H]1O. The summed E-state index contributed by atoms with van der Waals surface area (Å²) in [5.41, 5.74) is 5.43. The van der Waals surface area contributed by atoms with Gasteiger partial charge in [0.15, 0.2) is 0 Å². The zero-order chi connectivity index (χ0) is 10.6. The summed E-state index contributed by atoms with van der Waals surface area (Å²) >= 11 is 0. The van der Waals surface area contributed by atoms with E-state index < -0.39 is 0 Å². The lowest BCUT2D eigenvalue weighted by atomic mass is 10.1. The molecule has 2 aliphatic rings. The van der Waals surface area contributed by atoms with Gasteiger partial charge < -0.3 is 15.9 Å². The summed E-state index contributed by atoms with van der Waals surface area (Å²) in [5, 5.41) is 17.9. The first-order chi connectivity index (χ1) is 6.61. The van der Waals surface area contributed by atoms with Crippen molar-refractivity contribution in [3.8, 4) is 0 Å². The van der Waals surface area contributed by atoms with Crippen LogP contribution in [0.4, 0.5) is 0 Å². The Hall–Kier alpha value is 0.170. The molecule has 0 radical (unpaired) electrons. The largest absolute Gasteiger partial charge is 0.393 e. The molecule has 4 N–H and O–H groups in total. The van der Waals surface area contributed by atoms with Gasteiger partial charge in [0.05, 0.1) is 12.2 Å². The Bertz CT molecular complexity index is 135. The third-order valence-electron chi connectivity index (χ3n) is 3.35. The van der Waals surface area contributed by atoms with Crippen molar-refractivity contribution in [1.29, 1.82) is 0 Å². The highest BCUT2D eigenvalue weighted by atomic mass is 35.5. The molecule has 2 saturated carbocycles. The Morgan fingerprint density at radius 2 is 1.47 bits per heavy atom. The van der Waals surface area contributed by atoms with Crippen molar-refractivity contribution < 1.29 is 10.2 Å². The van der Waals surface area contributed by atoms with Crippen molar-refractivity contribution in [2.75, 3.05) is 0 Å². The number of rotatable bonds is 0. The van der Waals surface area contributed by atoms with E-state index in [1.165, 1.54) is 12.8 Å². The van der Waals surface area contributed by atoms with Crippen molar-refractivity contribution >= 4 is 12.4 Å². The molecule has 0 spiro atoms. The van der Waals surface area contributed by atoms with Crippen molar-refractivity contribution in [2.45, 2.75) is 63.7 Å². The summed E-state index contributed by atoms with van der Waals surface area (Å²) in [7, 11) is 0. The highest BCUT2D eigenvalue weighted by molar-refractivity contribution is 5.85. The molecular formula is C11H24ClNO2. The fourth-order valence-corrected chi connectivity index (χ4v) is 2.10. The lowest BCUT2D eigenvalue weighted by Crippen LogP contribution is -2.28. The molecule has 0 saturated heterocycles. The van der Waals surface area contributed by atoms with Crippen molar-refractivity contribution in [2.24, 2.45) is 11.7 Å². The maximum absolute atomic E-state index is 9.00. The summed E-state index contributed by atoms with van der Waals surface area (Å²) in [5.74, 6) is 0.569. The van der Waals surface area contributed by atoms with Crippen molar-refractivity contribution in [1.82, 2.24) is 0 Å². The molecule has 0 amide bonds. The van der Waals surface area contributed by atoms with Crippen molar-refractivity contribution in [3.05, 3.63) is 0 Å². The van der Waals surface area contributed by atoms with E-state index in [4.69, 9.17) is 15.9 Å². The molecule has 0 aromatic carbocycles. The molecular weight excluding hydrogens is 214 g/mol. The molecule has 0 aliphatic heterocycles. The quantitative estimate of drug-likeness (QED) is 0.598. The van der Waals surface area contributed by atoms with E-state index in [0.29, 0.717) is 5.92 Å². The van der Waals surface area contributed by atoms with Gasteiger partial charge in [-0.05, 0) is 38.0 Å². The zero-order valence-corrected chi connectivity index (χ0v) is 10.2. The molecule has 0 heterocycles. The van der Waals surface area contributed by atoms with E-state index in [9.17, 15) is 0 Å². The predicted molar refractivity (Wildman–Crippen MR) is 64.1 cm³/mol. The maximum Gasteiger partial charge on any atom is 0.0691 e. The van der Waals surface area contributed by atoms with E-state index in [-0.39, 0.29) is 30.7 Å². The van der Waals surface area contributed by atoms with Gasteiger partial charge in [0.2, 0.25) is 0 Å². The second-order valence-electron chi connectivity index (χ2n) is 4.64. The standard InChI is InChI=1S/C6H12O.C5H11NO.ClH/c1-5-3-2-4-6(5)7;6-4-2-1-3-5(4)7;/h5-7H,2-4H2,1H3;4-5,7H,1-3,6H2;1H/t5-,6+;4-,5+;/m00./s1. The van der Waals surface area contributed by atoms with Crippen LogP contribution < -0.4 is 5.73 Å². The number of aliphatic hydroxyl groups excluding tert-OH is 2. The van der Waals surface area contributed by atoms with Crippen LogP contribution in [-0.2, 0) is 0 Å². The van der Waals surface area contributed by atoms with Crippen LogP contribution in [0.15, 0.2) is 0 Å². The Labute approximate surface area is 98.5 Å². The molecule has 4 atom stereocenters. The second kappa shape index (κ2) is 7.44. The maximum atomic E-state index is 9.00. The van der Waals surface area contributed by atoms with Gasteiger partial charge in [0, 0.05) is 6.04 Å². The van der Waals surface area contributed by atoms with E-state index >= 15 is 0 Å². The zero-order valence-electron chi connectivity index (χ0n) is 9.43. The number of halogens is 1. The Morgan fingerprint density at radius 3 is 1.60 bits per heavy atom. The Morgan fingerprint density at radius 1 is 0.933 bits per heavy atom. The molecule has 2 fully saturated rings. The third-order valence-corrected chi connectivity index (χ3v) is 3.35. The van der Waals surface area contributed by atoms with Crippen LogP contribution in [0.2, 0.25) is 0 Å². The monoisotopic (exact) mass is 237 g/mol. The Balaban J connectivity index is 0.000000245. The van der Waals surface area contributed by atoms with Crippen LogP contribution >= 0.6 is 12.4 Å².